The highest BCUT2D eigenvalue weighted by atomic mass is 16.6. The Balaban J connectivity index is 2.24. The lowest BCUT2D eigenvalue weighted by atomic mass is 10.0. The summed E-state index contributed by atoms with van der Waals surface area (Å²) >= 11 is 0. The molecule has 1 rings (SSSR count). The van der Waals surface area contributed by atoms with E-state index >= 15 is 0 Å². The lowest BCUT2D eigenvalue weighted by Crippen LogP contribution is -2.03. The molecule has 0 aromatic rings. The van der Waals surface area contributed by atoms with Crippen molar-refractivity contribution in [3.8, 4) is 0 Å². The second kappa shape index (κ2) is 2.53. The third-order valence-electron chi connectivity index (χ3n) is 2.00. The first-order valence-electron chi connectivity index (χ1n) is 3.57. The molecule has 1 saturated heterocycles. The van der Waals surface area contributed by atoms with E-state index in [9.17, 15) is 0 Å². The van der Waals surface area contributed by atoms with Crippen LogP contribution in [-0.2, 0) is 4.74 Å². The monoisotopic (exact) mass is 126 g/mol. The molecular formula is C8H14O. The van der Waals surface area contributed by atoms with Crippen LogP contribution in [0.15, 0.2) is 12.7 Å². The van der Waals surface area contributed by atoms with Gasteiger partial charge in [-0.2, -0.15) is 0 Å². The fourth-order valence-electron chi connectivity index (χ4n) is 1.02. The van der Waals surface area contributed by atoms with Crippen molar-refractivity contribution in [3.63, 3.8) is 0 Å². The average Bonchev–Trinajstić information content (AvgIpc) is 2.64. The summed E-state index contributed by atoms with van der Waals surface area (Å²) in [7, 11) is 0. The topological polar surface area (TPSA) is 12.5 Å². The zero-order chi connectivity index (χ0) is 6.85. The Bertz CT molecular complexity index is 109. The molecule has 0 radical (unpaired) electrons. The summed E-state index contributed by atoms with van der Waals surface area (Å²) < 4.78 is 5.30. The second-order valence-electron chi connectivity index (χ2n) is 2.69. The van der Waals surface area contributed by atoms with E-state index in [1.54, 1.807) is 0 Å². The van der Waals surface area contributed by atoms with Crippen molar-refractivity contribution in [1.29, 1.82) is 0 Å². The van der Waals surface area contributed by atoms with E-state index in [0.29, 0.717) is 18.1 Å². The Morgan fingerprint density at radius 2 is 2.44 bits per heavy atom. The highest BCUT2D eigenvalue weighted by Crippen LogP contribution is 2.31. The van der Waals surface area contributed by atoms with Gasteiger partial charge in [0.05, 0.1) is 6.10 Å². The Kier molecular flexibility index (Phi) is 1.91. The number of ether oxygens (including phenoxy) is 1. The number of hydrogen-bond donors (Lipinski definition) is 0. The first-order chi connectivity index (χ1) is 4.29. The van der Waals surface area contributed by atoms with Gasteiger partial charge in [-0.3, -0.25) is 0 Å². The standard InChI is InChI=1S/C8H14O/c1-4-6(3)8-7(5-2)9-8/h5-8H,2,4H2,1,3H3/t6-,7+,8-/m0/s1. The maximum absolute atomic E-state index is 5.30. The van der Waals surface area contributed by atoms with Gasteiger partial charge in [0.2, 0.25) is 0 Å². The number of epoxide rings is 1. The molecule has 1 aliphatic heterocycles. The van der Waals surface area contributed by atoms with Crippen LogP contribution in [0.3, 0.4) is 0 Å². The molecule has 1 heteroatoms. The van der Waals surface area contributed by atoms with Crippen molar-refractivity contribution < 1.29 is 4.74 Å². The third kappa shape index (κ3) is 1.33. The van der Waals surface area contributed by atoms with E-state index in [2.05, 4.69) is 20.4 Å². The molecule has 1 fully saturated rings. The SMILES string of the molecule is C=C[C@H]1O[C@H]1[C@@H](C)CC. The van der Waals surface area contributed by atoms with Crippen LogP contribution in [-0.4, -0.2) is 12.2 Å². The fraction of sp³-hybridized carbons (Fsp3) is 0.750. The quantitative estimate of drug-likeness (QED) is 0.416. The number of hydrogen-bond acceptors (Lipinski definition) is 1. The summed E-state index contributed by atoms with van der Waals surface area (Å²) in [5, 5.41) is 0. The Labute approximate surface area is 56.7 Å². The molecule has 0 aromatic heterocycles. The van der Waals surface area contributed by atoms with Gasteiger partial charge in [0.25, 0.3) is 0 Å². The Morgan fingerprint density at radius 1 is 1.78 bits per heavy atom. The van der Waals surface area contributed by atoms with Crippen molar-refractivity contribution >= 4 is 0 Å². The van der Waals surface area contributed by atoms with E-state index in [1.807, 2.05) is 6.08 Å². The minimum Gasteiger partial charge on any atom is -0.365 e. The average molecular weight is 126 g/mol. The predicted octanol–water partition coefficient (Wildman–Crippen LogP) is 1.99. The summed E-state index contributed by atoms with van der Waals surface area (Å²) in [4.78, 5) is 0. The summed E-state index contributed by atoms with van der Waals surface area (Å²) in [6, 6.07) is 0. The molecule has 0 amide bonds. The first-order valence-corrected chi connectivity index (χ1v) is 3.57. The molecule has 1 aliphatic rings. The Hall–Kier alpha value is -0.300. The predicted molar refractivity (Wildman–Crippen MR) is 38.3 cm³/mol. The molecule has 0 saturated carbocycles. The van der Waals surface area contributed by atoms with Crippen LogP contribution < -0.4 is 0 Å². The van der Waals surface area contributed by atoms with Gasteiger partial charge in [-0.25, -0.2) is 0 Å². The van der Waals surface area contributed by atoms with Gasteiger partial charge in [0.1, 0.15) is 6.10 Å². The van der Waals surface area contributed by atoms with Gasteiger partial charge in [0, 0.05) is 0 Å². The van der Waals surface area contributed by atoms with Gasteiger partial charge < -0.3 is 4.74 Å². The Morgan fingerprint density at radius 3 is 2.78 bits per heavy atom. The van der Waals surface area contributed by atoms with Crippen LogP contribution in [0.5, 0.6) is 0 Å². The molecule has 0 N–H and O–H groups in total. The van der Waals surface area contributed by atoms with Crippen LogP contribution in [0, 0.1) is 5.92 Å². The molecule has 9 heavy (non-hydrogen) atoms. The normalized spacial score (nSPS) is 35.8. The van der Waals surface area contributed by atoms with Crippen molar-refractivity contribution in [2.45, 2.75) is 32.5 Å². The molecule has 0 bridgehead atoms. The highest BCUT2D eigenvalue weighted by Gasteiger charge is 2.39. The molecule has 1 nitrogen and oxygen atoms in total. The lowest BCUT2D eigenvalue weighted by Gasteiger charge is -2.00. The zero-order valence-electron chi connectivity index (χ0n) is 6.13. The van der Waals surface area contributed by atoms with Crippen molar-refractivity contribution in [2.24, 2.45) is 5.92 Å². The molecule has 0 unspecified atom stereocenters. The van der Waals surface area contributed by atoms with Gasteiger partial charge >= 0.3 is 0 Å². The van der Waals surface area contributed by atoms with Crippen LogP contribution in [0.4, 0.5) is 0 Å². The van der Waals surface area contributed by atoms with Crippen molar-refractivity contribution in [2.75, 3.05) is 0 Å². The molecule has 52 valence electrons. The van der Waals surface area contributed by atoms with Crippen LogP contribution >= 0.6 is 0 Å². The molecule has 3 atom stereocenters. The largest absolute Gasteiger partial charge is 0.365 e. The highest BCUT2D eigenvalue weighted by molar-refractivity contribution is 4.99. The van der Waals surface area contributed by atoms with E-state index in [0.717, 1.165) is 0 Å². The molecule has 1 heterocycles. The van der Waals surface area contributed by atoms with Crippen LogP contribution in [0.1, 0.15) is 20.3 Å². The van der Waals surface area contributed by atoms with Gasteiger partial charge in [-0.05, 0) is 5.92 Å². The first kappa shape index (κ1) is 6.81. The molecule has 0 spiro atoms. The van der Waals surface area contributed by atoms with Gasteiger partial charge in [-0.1, -0.05) is 26.3 Å². The fourth-order valence-corrected chi connectivity index (χ4v) is 1.02. The van der Waals surface area contributed by atoms with Crippen molar-refractivity contribution in [1.82, 2.24) is 0 Å². The summed E-state index contributed by atoms with van der Waals surface area (Å²) in [6.45, 7) is 8.07. The van der Waals surface area contributed by atoms with E-state index in [-0.39, 0.29) is 0 Å². The van der Waals surface area contributed by atoms with E-state index < -0.39 is 0 Å². The van der Waals surface area contributed by atoms with Crippen molar-refractivity contribution in [3.05, 3.63) is 12.7 Å². The van der Waals surface area contributed by atoms with E-state index in [1.165, 1.54) is 6.42 Å². The second-order valence-corrected chi connectivity index (χ2v) is 2.69. The molecule has 0 aliphatic carbocycles. The minimum absolute atomic E-state index is 0.361. The van der Waals surface area contributed by atoms with Gasteiger partial charge in [-0.15, -0.1) is 6.58 Å². The number of rotatable bonds is 3. The third-order valence-corrected chi connectivity index (χ3v) is 2.00. The summed E-state index contributed by atoms with van der Waals surface area (Å²) in [5.74, 6) is 0.702. The maximum Gasteiger partial charge on any atom is 0.102 e. The molecular weight excluding hydrogens is 112 g/mol. The van der Waals surface area contributed by atoms with Crippen LogP contribution in [0.25, 0.3) is 0 Å². The maximum atomic E-state index is 5.30. The smallest absolute Gasteiger partial charge is 0.102 e. The van der Waals surface area contributed by atoms with Gasteiger partial charge in [0.15, 0.2) is 0 Å². The summed E-state index contributed by atoms with van der Waals surface area (Å²) in [6.07, 6.45) is 3.93. The summed E-state index contributed by atoms with van der Waals surface area (Å²) in [5.41, 5.74) is 0. The minimum atomic E-state index is 0.361. The van der Waals surface area contributed by atoms with Crippen LogP contribution in [0.2, 0.25) is 0 Å². The lowest BCUT2D eigenvalue weighted by molar-refractivity contribution is 0.329. The molecule has 0 aromatic carbocycles. The van der Waals surface area contributed by atoms with E-state index in [4.69, 9.17) is 4.74 Å². The zero-order valence-corrected chi connectivity index (χ0v) is 6.13.